The number of rotatable bonds is 8. The summed E-state index contributed by atoms with van der Waals surface area (Å²) < 4.78 is 5.71. The predicted molar refractivity (Wildman–Crippen MR) is 69.1 cm³/mol. The van der Waals surface area contributed by atoms with Crippen LogP contribution in [0.4, 0.5) is 0 Å². The molecule has 0 aromatic carbocycles. The largest absolute Gasteiger partial charge is 0.481 e. The average Bonchev–Trinajstić information content (AvgIpc) is 2.13. The first-order valence-electron chi connectivity index (χ1n) is 6.14. The zero-order chi connectivity index (χ0) is 14.2. The molecule has 104 valence electrons. The van der Waals surface area contributed by atoms with E-state index in [9.17, 15) is 9.59 Å². The molecule has 5 nitrogen and oxygen atoms in total. The molecule has 0 spiro atoms. The number of hydrogen-bond donors (Lipinski definition) is 1. The Morgan fingerprint density at radius 2 is 1.94 bits per heavy atom. The highest BCUT2D eigenvalue weighted by Gasteiger charge is 2.23. The van der Waals surface area contributed by atoms with Crippen LogP contribution in [0, 0.1) is 0 Å². The lowest BCUT2D eigenvalue weighted by Gasteiger charge is -2.28. The normalized spacial score (nSPS) is 13.6. The van der Waals surface area contributed by atoms with Crippen molar-refractivity contribution in [3.63, 3.8) is 0 Å². The molecule has 1 atom stereocenters. The van der Waals surface area contributed by atoms with Crippen molar-refractivity contribution in [2.75, 3.05) is 27.7 Å². The molecular formula is C13H24NO4+. The Bertz CT molecular complexity index is 305. The lowest BCUT2D eigenvalue weighted by molar-refractivity contribution is -0.873. The van der Waals surface area contributed by atoms with E-state index in [0.717, 1.165) is 12.8 Å². The molecule has 0 aromatic heterocycles. The van der Waals surface area contributed by atoms with Crippen LogP contribution in [0.5, 0.6) is 0 Å². The van der Waals surface area contributed by atoms with Crippen LogP contribution in [-0.2, 0) is 14.3 Å². The Balaban J connectivity index is 4.39. The highest BCUT2D eigenvalue weighted by molar-refractivity contribution is 5.82. The molecule has 0 rings (SSSR count). The van der Waals surface area contributed by atoms with Gasteiger partial charge in [-0.1, -0.05) is 19.4 Å². The van der Waals surface area contributed by atoms with Crippen molar-refractivity contribution in [1.29, 1.82) is 0 Å². The number of unbranched alkanes of at least 4 members (excludes halogenated alkanes) is 1. The molecule has 0 amide bonds. The number of allylic oxidation sites excluding steroid dienone is 1. The van der Waals surface area contributed by atoms with Crippen LogP contribution < -0.4 is 0 Å². The van der Waals surface area contributed by atoms with E-state index in [-0.39, 0.29) is 6.42 Å². The van der Waals surface area contributed by atoms with E-state index in [0.29, 0.717) is 11.0 Å². The Hall–Kier alpha value is -1.36. The molecule has 0 aromatic rings. The summed E-state index contributed by atoms with van der Waals surface area (Å²) >= 11 is 0. The van der Waals surface area contributed by atoms with Crippen LogP contribution in [0.15, 0.2) is 12.2 Å². The first kappa shape index (κ1) is 16.6. The van der Waals surface area contributed by atoms with Crippen LogP contribution in [0.3, 0.4) is 0 Å². The quantitative estimate of drug-likeness (QED) is 0.406. The number of aliphatic carboxylic acids is 1. The second-order valence-electron chi connectivity index (χ2n) is 5.32. The van der Waals surface area contributed by atoms with Crippen molar-refractivity contribution in [2.24, 2.45) is 0 Å². The molecule has 1 unspecified atom stereocenters. The van der Waals surface area contributed by atoms with Crippen LogP contribution in [0.1, 0.15) is 26.2 Å². The Morgan fingerprint density at radius 3 is 2.39 bits per heavy atom. The zero-order valence-corrected chi connectivity index (χ0v) is 11.7. The van der Waals surface area contributed by atoms with Gasteiger partial charge in [-0.3, -0.25) is 4.79 Å². The number of ether oxygens (including phenoxy) is 1. The number of carbonyl (C=O) groups is 2. The summed E-state index contributed by atoms with van der Waals surface area (Å²) in [7, 11) is 5.78. The van der Waals surface area contributed by atoms with Gasteiger partial charge in [-0.25, -0.2) is 4.79 Å². The molecule has 0 radical (unpaired) electrons. The van der Waals surface area contributed by atoms with Crippen LogP contribution in [-0.4, -0.2) is 55.3 Å². The average molecular weight is 258 g/mol. The fourth-order valence-corrected chi connectivity index (χ4v) is 1.50. The van der Waals surface area contributed by atoms with Crippen molar-refractivity contribution < 1.29 is 23.9 Å². The van der Waals surface area contributed by atoms with E-state index in [1.165, 1.54) is 6.08 Å². The number of nitrogens with zero attached hydrogens (tertiary/aromatic N) is 1. The number of esters is 1. The highest BCUT2D eigenvalue weighted by Crippen LogP contribution is 2.06. The first-order valence-corrected chi connectivity index (χ1v) is 6.14. The van der Waals surface area contributed by atoms with Crippen molar-refractivity contribution in [1.82, 2.24) is 0 Å². The fraction of sp³-hybridized carbons (Fsp3) is 0.692. The Morgan fingerprint density at radius 1 is 1.33 bits per heavy atom. The number of quaternary nitrogens is 1. The molecule has 0 aliphatic rings. The van der Waals surface area contributed by atoms with Gasteiger partial charge in [0.15, 0.2) is 6.10 Å². The van der Waals surface area contributed by atoms with E-state index >= 15 is 0 Å². The van der Waals surface area contributed by atoms with Crippen molar-refractivity contribution >= 4 is 11.9 Å². The maximum absolute atomic E-state index is 11.5. The minimum Gasteiger partial charge on any atom is -0.481 e. The number of carbonyl (C=O) groups excluding carboxylic acids is 1. The summed E-state index contributed by atoms with van der Waals surface area (Å²) in [5.74, 6) is -1.43. The standard InChI is InChI=1S/C13H23NO4/c1-5-6-7-8-13(17)18-11(9-12(15)16)10-14(2,3)4/h7-8,11H,5-6,9-10H2,1-4H3/p+1. The van der Waals surface area contributed by atoms with Gasteiger partial charge < -0.3 is 14.3 Å². The molecule has 18 heavy (non-hydrogen) atoms. The molecule has 0 saturated carbocycles. The summed E-state index contributed by atoms with van der Waals surface area (Å²) in [4.78, 5) is 22.2. The lowest BCUT2D eigenvalue weighted by Crippen LogP contribution is -2.43. The van der Waals surface area contributed by atoms with Crippen LogP contribution in [0.25, 0.3) is 0 Å². The van der Waals surface area contributed by atoms with Crippen LogP contribution in [0.2, 0.25) is 0 Å². The smallest absolute Gasteiger partial charge is 0.330 e. The van der Waals surface area contributed by atoms with Gasteiger partial charge >= 0.3 is 11.9 Å². The lowest BCUT2D eigenvalue weighted by atomic mass is 10.2. The molecule has 0 heterocycles. The third-order valence-corrected chi connectivity index (χ3v) is 2.15. The highest BCUT2D eigenvalue weighted by atomic mass is 16.5. The second kappa shape index (κ2) is 7.87. The first-order chi connectivity index (χ1) is 8.24. The molecular weight excluding hydrogens is 234 g/mol. The van der Waals surface area contributed by atoms with E-state index in [1.807, 2.05) is 28.1 Å². The van der Waals surface area contributed by atoms with Gasteiger partial charge in [-0.2, -0.15) is 0 Å². The van der Waals surface area contributed by atoms with E-state index in [1.54, 1.807) is 6.08 Å². The summed E-state index contributed by atoms with van der Waals surface area (Å²) in [6, 6.07) is 0. The van der Waals surface area contributed by atoms with Gasteiger partial charge in [0.1, 0.15) is 6.54 Å². The molecule has 0 saturated heterocycles. The topological polar surface area (TPSA) is 63.6 Å². The zero-order valence-electron chi connectivity index (χ0n) is 11.7. The Labute approximate surface area is 109 Å². The fourth-order valence-electron chi connectivity index (χ4n) is 1.50. The monoisotopic (exact) mass is 258 g/mol. The third kappa shape index (κ3) is 9.84. The Kier molecular flexibility index (Phi) is 7.27. The van der Waals surface area contributed by atoms with Gasteiger partial charge in [0.25, 0.3) is 0 Å². The van der Waals surface area contributed by atoms with Gasteiger partial charge in [0, 0.05) is 6.08 Å². The maximum atomic E-state index is 11.5. The van der Waals surface area contributed by atoms with Gasteiger partial charge in [0.05, 0.1) is 27.6 Å². The molecule has 0 bridgehead atoms. The second-order valence-corrected chi connectivity index (χ2v) is 5.32. The van der Waals surface area contributed by atoms with Gasteiger partial charge in [0.2, 0.25) is 0 Å². The third-order valence-electron chi connectivity index (χ3n) is 2.15. The number of hydrogen-bond acceptors (Lipinski definition) is 3. The van der Waals surface area contributed by atoms with E-state index < -0.39 is 18.0 Å². The van der Waals surface area contributed by atoms with Gasteiger partial charge in [-0.05, 0) is 6.42 Å². The van der Waals surface area contributed by atoms with E-state index in [4.69, 9.17) is 9.84 Å². The van der Waals surface area contributed by atoms with Crippen LogP contribution >= 0.6 is 0 Å². The molecule has 0 aliphatic heterocycles. The van der Waals surface area contributed by atoms with Crippen molar-refractivity contribution in [3.05, 3.63) is 12.2 Å². The van der Waals surface area contributed by atoms with Crippen molar-refractivity contribution in [2.45, 2.75) is 32.3 Å². The summed E-state index contributed by atoms with van der Waals surface area (Å²) in [6.07, 6.45) is 4.12. The maximum Gasteiger partial charge on any atom is 0.330 e. The molecule has 0 fully saturated rings. The molecule has 5 heteroatoms. The number of carboxylic acid groups (broad SMARTS) is 1. The summed E-state index contributed by atoms with van der Waals surface area (Å²) in [5.41, 5.74) is 0. The number of carboxylic acids is 1. The number of likely N-dealkylation sites (N-methyl/N-ethyl adjacent to an activating group) is 1. The van der Waals surface area contributed by atoms with E-state index in [2.05, 4.69) is 0 Å². The minimum absolute atomic E-state index is 0.164. The SMILES string of the molecule is CCCC=CC(=O)OC(CC(=O)O)C[N+](C)(C)C. The predicted octanol–water partition coefficient (Wildman–Crippen LogP) is 1.44. The summed E-state index contributed by atoms with van der Waals surface area (Å²) in [6.45, 7) is 2.49. The minimum atomic E-state index is -0.959. The molecule has 1 N–H and O–H groups in total. The van der Waals surface area contributed by atoms with Gasteiger partial charge in [-0.15, -0.1) is 0 Å². The summed E-state index contributed by atoms with van der Waals surface area (Å²) in [5, 5.41) is 8.79. The molecule has 0 aliphatic carbocycles. The van der Waals surface area contributed by atoms with Crippen molar-refractivity contribution in [3.8, 4) is 0 Å².